The summed E-state index contributed by atoms with van der Waals surface area (Å²) in [6, 6.07) is 0. The third-order valence-corrected chi connectivity index (χ3v) is 1.13. The first-order valence-electron chi connectivity index (χ1n) is 3.18. The fraction of sp³-hybridized carbons (Fsp3) is 0.667. The lowest BCUT2D eigenvalue weighted by atomic mass is 10.4. The fourth-order valence-electron chi connectivity index (χ4n) is 0.784. The predicted octanol–water partition coefficient (Wildman–Crippen LogP) is -0.123. The lowest BCUT2D eigenvalue weighted by Gasteiger charge is -2.04. The molecule has 1 rings (SSSR count). The molecule has 1 aromatic heterocycles. The molecule has 0 atom stereocenters. The van der Waals surface area contributed by atoms with Gasteiger partial charge in [-0.05, 0) is 14.1 Å². The maximum atomic E-state index is 4.11. The van der Waals surface area contributed by atoms with Crippen LogP contribution in [0.15, 0.2) is 6.20 Å². The molecule has 1 heterocycles. The van der Waals surface area contributed by atoms with Crippen LogP contribution in [0.1, 0.15) is 5.69 Å². The molecule has 56 valence electrons. The molecule has 0 amide bonds. The number of aryl methyl sites for hydroxylation is 1. The third-order valence-electron chi connectivity index (χ3n) is 1.13. The molecule has 0 saturated heterocycles. The van der Waals surface area contributed by atoms with E-state index in [9.17, 15) is 0 Å². The molecule has 0 aliphatic heterocycles. The van der Waals surface area contributed by atoms with Gasteiger partial charge >= 0.3 is 0 Å². The second-order valence-corrected chi connectivity index (χ2v) is 2.56. The SMILES string of the molecule is CN(C)Cc1cnn(C)n1. The fourth-order valence-corrected chi connectivity index (χ4v) is 0.784. The van der Waals surface area contributed by atoms with Crippen LogP contribution in [-0.2, 0) is 13.6 Å². The highest BCUT2D eigenvalue weighted by atomic mass is 15.4. The average molecular weight is 140 g/mol. The van der Waals surface area contributed by atoms with Crippen LogP contribution in [0.4, 0.5) is 0 Å². The Hall–Kier alpha value is -0.900. The van der Waals surface area contributed by atoms with E-state index in [1.807, 2.05) is 21.1 Å². The second-order valence-electron chi connectivity index (χ2n) is 2.56. The van der Waals surface area contributed by atoms with Crippen molar-refractivity contribution in [3.8, 4) is 0 Å². The van der Waals surface area contributed by atoms with Gasteiger partial charge in [0, 0.05) is 13.6 Å². The summed E-state index contributed by atoms with van der Waals surface area (Å²) in [6.07, 6.45) is 1.78. The Morgan fingerprint density at radius 3 is 2.70 bits per heavy atom. The number of nitrogens with zero attached hydrogens (tertiary/aromatic N) is 4. The van der Waals surface area contributed by atoms with Crippen LogP contribution in [0.5, 0.6) is 0 Å². The highest BCUT2D eigenvalue weighted by molar-refractivity contribution is 4.89. The van der Waals surface area contributed by atoms with Crippen LogP contribution in [-0.4, -0.2) is 34.0 Å². The minimum absolute atomic E-state index is 0.855. The average Bonchev–Trinajstić information content (AvgIpc) is 2.13. The molecule has 1 aromatic rings. The van der Waals surface area contributed by atoms with Crippen LogP contribution in [0.25, 0.3) is 0 Å². The molecule has 0 fully saturated rings. The zero-order chi connectivity index (χ0) is 7.56. The summed E-state index contributed by atoms with van der Waals surface area (Å²) < 4.78 is 0. The van der Waals surface area contributed by atoms with Gasteiger partial charge in [-0.1, -0.05) is 0 Å². The molecule has 0 unspecified atom stereocenters. The van der Waals surface area contributed by atoms with Crippen LogP contribution < -0.4 is 0 Å². The maximum absolute atomic E-state index is 4.11. The highest BCUT2D eigenvalue weighted by Gasteiger charge is 1.97. The van der Waals surface area contributed by atoms with Crippen LogP contribution in [0.3, 0.4) is 0 Å². The minimum Gasteiger partial charge on any atom is -0.303 e. The standard InChI is InChI=1S/C6H12N4/c1-9(2)5-6-4-7-10(3)8-6/h4H,5H2,1-3H3. The zero-order valence-corrected chi connectivity index (χ0v) is 6.57. The van der Waals surface area contributed by atoms with Gasteiger partial charge in [0.05, 0.1) is 11.9 Å². The Kier molecular flexibility index (Phi) is 2.01. The van der Waals surface area contributed by atoms with Crippen molar-refractivity contribution in [3.05, 3.63) is 11.9 Å². The monoisotopic (exact) mass is 140 g/mol. The largest absolute Gasteiger partial charge is 0.303 e. The second kappa shape index (κ2) is 2.79. The van der Waals surface area contributed by atoms with E-state index in [0.717, 1.165) is 12.2 Å². The molecule has 10 heavy (non-hydrogen) atoms. The first kappa shape index (κ1) is 7.21. The van der Waals surface area contributed by atoms with Gasteiger partial charge in [0.1, 0.15) is 0 Å². The van der Waals surface area contributed by atoms with E-state index >= 15 is 0 Å². The number of rotatable bonds is 2. The van der Waals surface area contributed by atoms with Crippen LogP contribution >= 0.6 is 0 Å². The highest BCUT2D eigenvalue weighted by Crippen LogP contribution is 1.92. The van der Waals surface area contributed by atoms with Crippen molar-refractivity contribution in [1.82, 2.24) is 19.9 Å². The Morgan fingerprint density at radius 2 is 2.30 bits per heavy atom. The van der Waals surface area contributed by atoms with E-state index in [-0.39, 0.29) is 0 Å². The van der Waals surface area contributed by atoms with E-state index in [0.29, 0.717) is 0 Å². The Labute approximate surface area is 60.4 Å². The van der Waals surface area contributed by atoms with Crippen molar-refractivity contribution in [2.75, 3.05) is 14.1 Å². The van der Waals surface area contributed by atoms with E-state index in [1.54, 1.807) is 11.0 Å². The molecule has 0 radical (unpaired) electrons. The van der Waals surface area contributed by atoms with Gasteiger partial charge in [-0.3, -0.25) is 0 Å². The normalized spacial score (nSPS) is 10.8. The molecule has 4 nitrogen and oxygen atoms in total. The Morgan fingerprint density at radius 1 is 1.60 bits per heavy atom. The van der Waals surface area contributed by atoms with Gasteiger partial charge in [-0.15, -0.1) is 0 Å². The number of aromatic nitrogens is 3. The molecule has 4 heteroatoms. The van der Waals surface area contributed by atoms with Crippen LogP contribution in [0, 0.1) is 0 Å². The van der Waals surface area contributed by atoms with Crippen molar-refractivity contribution in [2.45, 2.75) is 6.54 Å². The van der Waals surface area contributed by atoms with Gasteiger partial charge < -0.3 is 4.90 Å². The minimum atomic E-state index is 0.855. The molecule has 0 aromatic carbocycles. The summed E-state index contributed by atoms with van der Waals surface area (Å²) in [4.78, 5) is 3.63. The molecule has 0 spiro atoms. The van der Waals surface area contributed by atoms with E-state index in [1.165, 1.54) is 0 Å². The molecule has 0 saturated carbocycles. The summed E-state index contributed by atoms with van der Waals surface area (Å²) in [5.74, 6) is 0. The van der Waals surface area contributed by atoms with E-state index in [4.69, 9.17) is 0 Å². The molecular formula is C6H12N4. The predicted molar refractivity (Wildman–Crippen MR) is 38.4 cm³/mol. The summed E-state index contributed by atoms with van der Waals surface area (Å²) in [5.41, 5.74) is 1.01. The molecular weight excluding hydrogens is 128 g/mol. The molecule has 0 aliphatic rings. The van der Waals surface area contributed by atoms with Crippen molar-refractivity contribution in [1.29, 1.82) is 0 Å². The first-order chi connectivity index (χ1) is 4.68. The summed E-state index contributed by atoms with van der Waals surface area (Å²) in [7, 11) is 5.84. The molecule has 0 aliphatic carbocycles. The van der Waals surface area contributed by atoms with Gasteiger partial charge in [0.15, 0.2) is 0 Å². The molecule has 0 bridgehead atoms. The molecule has 0 N–H and O–H groups in total. The van der Waals surface area contributed by atoms with E-state index in [2.05, 4.69) is 15.1 Å². The van der Waals surface area contributed by atoms with Crippen molar-refractivity contribution in [3.63, 3.8) is 0 Å². The Bertz CT molecular complexity index is 203. The first-order valence-corrected chi connectivity index (χ1v) is 3.18. The van der Waals surface area contributed by atoms with E-state index < -0.39 is 0 Å². The lowest BCUT2D eigenvalue weighted by molar-refractivity contribution is 0.394. The van der Waals surface area contributed by atoms with Crippen LogP contribution in [0.2, 0.25) is 0 Å². The van der Waals surface area contributed by atoms with Gasteiger partial charge in [0.2, 0.25) is 0 Å². The number of hydrogen-bond donors (Lipinski definition) is 0. The van der Waals surface area contributed by atoms with Gasteiger partial charge in [-0.2, -0.15) is 15.0 Å². The Balaban J connectivity index is 2.58. The van der Waals surface area contributed by atoms with Gasteiger partial charge in [-0.25, -0.2) is 0 Å². The summed E-state index contributed by atoms with van der Waals surface area (Å²) in [5, 5.41) is 8.06. The van der Waals surface area contributed by atoms with Crippen molar-refractivity contribution < 1.29 is 0 Å². The quantitative estimate of drug-likeness (QED) is 0.574. The maximum Gasteiger partial charge on any atom is 0.0966 e. The number of hydrogen-bond acceptors (Lipinski definition) is 3. The zero-order valence-electron chi connectivity index (χ0n) is 6.57. The third kappa shape index (κ3) is 1.80. The summed E-state index contributed by atoms with van der Waals surface area (Å²) in [6.45, 7) is 0.855. The summed E-state index contributed by atoms with van der Waals surface area (Å²) >= 11 is 0. The van der Waals surface area contributed by atoms with Crippen molar-refractivity contribution in [2.24, 2.45) is 7.05 Å². The topological polar surface area (TPSA) is 34.0 Å². The lowest BCUT2D eigenvalue weighted by Crippen LogP contribution is -2.11. The smallest absolute Gasteiger partial charge is 0.0966 e. The van der Waals surface area contributed by atoms with Crippen molar-refractivity contribution >= 4 is 0 Å². The van der Waals surface area contributed by atoms with Gasteiger partial charge in [0.25, 0.3) is 0 Å².